The van der Waals surface area contributed by atoms with E-state index in [1.807, 2.05) is 0 Å². The first-order valence-electron chi connectivity index (χ1n) is 7.05. The maximum atomic E-state index is 14.3. The third-order valence-corrected chi connectivity index (χ3v) is 7.47. The van der Waals surface area contributed by atoms with Gasteiger partial charge in [0.1, 0.15) is 5.82 Å². The number of hydrogen-bond donors (Lipinski definition) is 1. The Morgan fingerprint density at radius 1 is 1.25 bits per heavy atom. The van der Waals surface area contributed by atoms with E-state index in [9.17, 15) is 17.9 Å². The van der Waals surface area contributed by atoms with E-state index in [0.29, 0.717) is 18.4 Å². The van der Waals surface area contributed by atoms with Gasteiger partial charge in [0.15, 0.2) is 9.84 Å². The maximum absolute atomic E-state index is 14.3. The molecule has 20 heavy (non-hydrogen) atoms. The molecule has 2 atom stereocenters. The summed E-state index contributed by atoms with van der Waals surface area (Å²) < 4.78 is 38.8. The molecule has 0 radical (unpaired) electrons. The highest BCUT2D eigenvalue weighted by Gasteiger charge is 2.51. The van der Waals surface area contributed by atoms with Crippen LogP contribution in [-0.2, 0) is 15.4 Å². The van der Waals surface area contributed by atoms with Crippen LogP contribution in [0.15, 0.2) is 18.2 Å². The second-order valence-corrected chi connectivity index (χ2v) is 8.65. The number of halogens is 1. The van der Waals surface area contributed by atoms with E-state index in [4.69, 9.17) is 0 Å². The first-order chi connectivity index (χ1) is 9.34. The number of hydrogen-bond acceptors (Lipinski definition) is 3. The molecule has 0 aliphatic carbocycles. The van der Waals surface area contributed by atoms with Crippen molar-refractivity contribution in [3.8, 4) is 0 Å². The van der Waals surface area contributed by atoms with Crippen molar-refractivity contribution in [2.45, 2.75) is 55.1 Å². The van der Waals surface area contributed by atoms with Crippen molar-refractivity contribution in [3.63, 3.8) is 0 Å². The molecule has 3 nitrogen and oxygen atoms in total. The van der Waals surface area contributed by atoms with Gasteiger partial charge in [0.2, 0.25) is 0 Å². The second-order valence-electron chi connectivity index (χ2n) is 6.14. The molecule has 0 amide bonds. The predicted molar refractivity (Wildman–Crippen MR) is 74.6 cm³/mol. The van der Waals surface area contributed by atoms with E-state index in [2.05, 4.69) is 0 Å². The lowest BCUT2D eigenvalue weighted by Gasteiger charge is -2.44. The van der Waals surface area contributed by atoms with E-state index in [0.717, 1.165) is 6.42 Å². The van der Waals surface area contributed by atoms with Gasteiger partial charge in [-0.05, 0) is 38.2 Å². The van der Waals surface area contributed by atoms with Crippen LogP contribution in [0.25, 0.3) is 0 Å². The van der Waals surface area contributed by atoms with Crippen LogP contribution in [-0.4, -0.2) is 24.0 Å². The topological polar surface area (TPSA) is 54.4 Å². The molecule has 0 aromatic heterocycles. The van der Waals surface area contributed by atoms with Crippen molar-refractivity contribution in [1.82, 2.24) is 0 Å². The molecule has 1 aromatic carbocycles. The van der Waals surface area contributed by atoms with Gasteiger partial charge in [0, 0.05) is 5.56 Å². The number of fused-ring (bicyclic) bond motifs is 2. The molecule has 2 aliphatic heterocycles. The van der Waals surface area contributed by atoms with Gasteiger partial charge < -0.3 is 5.11 Å². The van der Waals surface area contributed by atoms with Gasteiger partial charge in [-0.25, -0.2) is 12.8 Å². The van der Waals surface area contributed by atoms with Gasteiger partial charge in [-0.2, -0.15) is 0 Å². The lowest BCUT2D eigenvalue weighted by molar-refractivity contribution is 0.00176. The van der Waals surface area contributed by atoms with Crippen LogP contribution in [0.3, 0.4) is 0 Å². The molecule has 2 unspecified atom stereocenters. The van der Waals surface area contributed by atoms with Crippen molar-refractivity contribution in [3.05, 3.63) is 35.1 Å². The van der Waals surface area contributed by atoms with Crippen LogP contribution < -0.4 is 0 Å². The van der Waals surface area contributed by atoms with E-state index < -0.39 is 31.8 Å². The fraction of sp³-hybridized carbons (Fsp3) is 0.600. The van der Waals surface area contributed by atoms with Crippen molar-refractivity contribution in [2.24, 2.45) is 0 Å². The fourth-order valence-electron chi connectivity index (χ4n) is 3.67. The average molecular weight is 298 g/mol. The van der Waals surface area contributed by atoms with Crippen LogP contribution in [0, 0.1) is 12.7 Å². The summed E-state index contributed by atoms with van der Waals surface area (Å²) in [6.45, 7) is 1.66. The molecular formula is C15H19FO3S. The third kappa shape index (κ3) is 1.99. The lowest BCUT2D eigenvalue weighted by atomic mass is 9.80. The van der Waals surface area contributed by atoms with Crippen LogP contribution >= 0.6 is 0 Å². The Morgan fingerprint density at radius 2 is 1.85 bits per heavy atom. The number of benzene rings is 1. The minimum absolute atomic E-state index is 0.117. The van der Waals surface area contributed by atoms with Crippen molar-refractivity contribution in [1.29, 1.82) is 0 Å². The molecular weight excluding hydrogens is 279 g/mol. The molecule has 2 saturated heterocycles. The van der Waals surface area contributed by atoms with Crippen LogP contribution in [0.5, 0.6) is 0 Å². The summed E-state index contributed by atoms with van der Waals surface area (Å²) >= 11 is 0. The zero-order chi connectivity index (χ0) is 14.5. The Morgan fingerprint density at radius 3 is 2.45 bits per heavy atom. The standard InChI is InChI=1S/C15H19FO3S/c1-10-4-2-7-13(14(10)16)15(17)8-11-5-3-6-12(9-15)20(11,18)19/h2,4,7,11-12,17H,3,5-6,8-9H2,1H3. The number of rotatable bonds is 1. The summed E-state index contributed by atoms with van der Waals surface area (Å²) in [4.78, 5) is 0. The van der Waals surface area contributed by atoms with E-state index in [1.54, 1.807) is 25.1 Å². The van der Waals surface area contributed by atoms with Gasteiger partial charge in [-0.15, -0.1) is 0 Å². The zero-order valence-corrected chi connectivity index (χ0v) is 12.3. The molecule has 2 heterocycles. The highest BCUT2D eigenvalue weighted by molar-refractivity contribution is 7.92. The van der Waals surface area contributed by atoms with Gasteiger partial charge in [0.05, 0.1) is 16.1 Å². The molecule has 0 saturated carbocycles. The van der Waals surface area contributed by atoms with Gasteiger partial charge in [0.25, 0.3) is 0 Å². The smallest absolute Gasteiger partial charge is 0.156 e. The van der Waals surface area contributed by atoms with Gasteiger partial charge in [-0.1, -0.05) is 24.6 Å². The highest BCUT2D eigenvalue weighted by Crippen LogP contribution is 2.46. The number of aryl methyl sites for hydroxylation is 1. The first kappa shape index (κ1) is 14.0. The van der Waals surface area contributed by atoms with Crippen LogP contribution in [0.2, 0.25) is 0 Å². The molecule has 1 aromatic rings. The summed E-state index contributed by atoms with van der Waals surface area (Å²) in [6, 6.07) is 4.95. The summed E-state index contributed by atoms with van der Waals surface area (Å²) in [5.74, 6) is -0.410. The van der Waals surface area contributed by atoms with E-state index >= 15 is 0 Å². The first-order valence-corrected chi connectivity index (χ1v) is 8.66. The van der Waals surface area contributed by atoms with Gasteiger partial charge in [-0.3, -0.25) is 0 Å². The second kappa shape index (κ2) is 4.53. The summed E-state index contributed by atoms with van der Waals surface area (Å²) in [6.07, 6.45) is 2.27. The maximum Gasteiger partial charge on any atom is 0.156 e. The molecule has 110 valence electrons. The highest BCUT2D eigenvalue weighted by atomic mass is 32.2. The number of sulfone groups is 1. The van der Waals surface area contributed by atoms with Gasteiger partial charge >= 0.3 is 0 Å². The summed E-state index contributed by atoms with van der Waals surface area (Å²) in [7, 11) is -3.15. The van der Waals surface area contributed by atoms with E-state index in [1.165, 1.54) is 0 Å². The molecule has 2 bridgehead atoms. The predicted octanol–water partition coefficient (Wildman–Crippen LogP) is 2.45. The Kier molecular flexibility index (Phi) is 3.18. The number of aliphatic hydroxyl groups is 1. The Labute approximate surface area is 118 Å². The molecule has 3 rings (SSSR count). The Hall–Kier alpha value is -0.940. The largest absolute Gasteiger partial charge is 0.385 e. The molecule has 1 N–H and O–H groups in total. The van der Waals surface area contributed by atoms with Crippen molar-refractivity contribution < 1.29 is 17.9 Å². The normalized spacial score (nSPS) is 35.8. The summed E-state index contributed by atoms with van der Waals surface area (Å²) in [5.41, 5.74) is -0.615. The monoisotopic (exact) mass is 298 g/mol. The molecule has 0 spiro atoms. The SMILES string of the molecule is Cc1cccc(C2(O)CC3CCCC(C2)S3(=O)=O)c1F. The quantitative estimate of drug-likeness (QED) is 0.866. The molecule has 2 fully saturated rings. The van der Waals surface area contributed by atoms with Crippen molar-refractivity contribution in [2.75, 3.05) is 0 Å². The molecule has 2 aliphatic rings. The van der Waals surface area contributed by atoms with Crippen LogP contribution in [0.4, 0.5) is 4.39 Å². The fourth-order valence-corrected chi connectivity index (χ4v) is 6.22. The zero-order valence-electron chi connectivity index (χ0n) is 11.5. The minimum atomic E-state index is -3.15. The van der Waals surface area contributed by atoms with E-state index in [-0.39, 0.29) is 18.4 Å². The summed E-state index contributed by atoms with van der Waals surface area (Å²) in [5, 5.41) is 9.83. The average Bonchev–Trinajstić information content (AvgIpc) is 2.35. The molecule has 5 heteroatoms. The minimum Gasteiger partial charge on any atom is -0.385 e. The van der Waals surface area contributed by atoms with Crippen LogP contribution in [0.1, 0.15) is 43.2 Å². The third-order valence-electron chi connectivity index (χ3n) is 4.81. The Balaban J connectivity index is 2.04. The lowest BCUT2D eigenvalue weighted by Crippen LogP contribution is -2.50. The Bertz CT molecular complexity index is 619. The van der Waals surface area contributed by atoms with Crippen molar-refractivity contribution >= 4 is 9.84 Å².